The summed E-state index contributed by atoms with van der Waals surface area (Å²) in [7, 11) is -3.83. The molecular weight excluding hydrogens is 397 g/mol. The Morgan fingerprint density at radius 3 is 2.46 bits per heavy atom. The number of sulfonamides is 1. The second-order valence-corrected chi connectivity index (χ2v) is 8.29. The number of ether oxygens (including phenoxy) is 1. The van der Waals surface area contributed by atoms with Crippen molar-refractivity contribution in [1.82, 2.24) is 0 Å². The van der Waals surface area contributed by atoms with Crippen LogP contribution in [0.5, 0.6) is 5.75 Å². The average molecular weight is 408 g/mol. The van der Waals surface area contributed by atoms with Crippen LogP contribution in [0, 0.1) is 0 Å². The summed E-state index contributed by atoms with van der Waals surface area (Å²) in [5, 5.41) is 1.72. The Labute approximate surface area is 159 Å². The third-order valence-electron chi connectivity index (χ3n) is 4.09. The van der Waals surface area contributed by atoms with Crippen LogP contribution in [-0.4, -0.2) is 20.9 Å². The van der Waals surface area contributed by atoms with Gasteiger partial charge in [-0.1, -0.05) is 53.5 Å². The number of hydrogen-bond acceptors (Lipinski definition) is 4. The first-order valence-corrected chi connectivity index (χ1v) is 9.78. The number of esters is 1. The summed E-state index contributed by atoms with van der Waals surface area (Å²) >= 11 is 11.9. The van der Waals surface area contributed by atoms with Crippen molar-refractivity contribution in [3.8, 4) is 5.75 Å². The van der Waals surface area contributed by atoms with Crippen LogP contribution in [0.3, 0.4) is 0 Å². The number of nitrogens with zero attached hydrogens (tertiary/aromatic N) is 1. The Morgan fingerprint density at radius 2 is 1.69 bits per heavy atom. The Balaban J connectivity index is 1.68. The zero-order chi connectivity index (χ0) is 18.5. The SMILES string of the molecule is O=C(CN1c2cccc3cccc(c23)S1(=O)=O)Oc1cccc(Cl)c1Cl. The number of rotatable bonds is 3. The molecule has 0 amide bonds. The van der Waals surface area contributed by atoms with Gasteiger partial charge in [0, 0.05) is 5.39 Å². The van der Waals surface area contributed by atoms with Gasteiger partial charge in [0.1, 0.15) is 11.6 Å². The van der Waals surface area contributed by atoms with E-state index in [1.807, 2.05) is 12.1 Å². The van der Waals surface area contributed by atoms with E-state index in [0.717, 1.165) is 9.69 Å². The quantitative estimate of drug-likeness (QED) is 0.480. The van der Waals surface area contributed by atoms with Gasteiger partial charge in [-0.05, 0) is 29.7 Å². The molecule has 1 heterocycles. The predicted molar refractivity (Wildman–Crippen MR) is 101 cm³/mol. The van der Waals surface area contributed by atoms with Crippen molar-refractivity contribution in [2.75, 3.05) is 10.8 Å². The zero-order valence-electron chi connectivity index (χ0n) is 13.1. The summed E-state index contributed by atoms with van der Waals surface area (Å²) in [6, 6.07) is 14.9. The van der Waals surface area contributed by atoms with Gasteiger partial charge in [0.05, 0.1) is 15.6 Å². The fraction of sp³-hybridized carbons (Fsp3) is 0.0556. The Morgan fingerprint density at radius 1 is 1.00 bits per heavy atom. The highest BCUT2D eigenvalue weighted by Crippen LogP contribution is 2.42. The summed E-state index contributed by atoms with van der Waals surface area (Å²) in [5.74, 6) is -0.681. The Bertz CT molecular complexity index is 1160. The van der Waals surface area contributed by atoms with Gasteiger partial charge in [-0.25, -0.2) is 13.2 Å². The second kappa shape index (κ2) is 6.16. The molecular formula is C18H11Cl2NO4S. The molecule has 1 aliphatic heterocycles. The monoisotopic (exact) mass is 407 g/mol. The minimum absolute atomic E-state index is 0.0801. The molecule has 0 unspecified atom stereocenters. The summed E-state index contributed by atoms with van der Waals surface area (Å²) in [4.78, 5) is 12.5. The lowest BCUT2D eigenvalue weighted by molar-refractivity contribution is -0.132. The van der Waals surface area contributed by atoms with E-state index in [9.17, 15) is 13.2 Å². The average Bonchev–Trinajstić information content (AvgIpc) is 2.83. The van der Waals surface area contributed by atoms with Gasteiger partial charge in [-0.3, -0.25) is 4.31 Å². The summed E-state index contributed by atoms with van der Waals surface area (Å²) in [6.07, 6.45) is 0. The fourth-order valence-electron chi connectivity index (χ4n) is 2.96. The number of anilines is 1. The third kappa shape index (κ3) is 2.61. The predicted octanol–water partition coefficient (Wildman–Crippen LogP) is 4.26. The summed E-state index contributed by atoms with van der Waals surface area (Å²) in [6.45, 7) is -0.473. The highest BCUT2D eigenvalue weighted by Gasteiger charge is 2.37. The van der Waals surface area contributed by atoms with E-state index in [-0.39, 0.29) is 20.7 Å². The van der Waals surface area contributed by atoms with Crippen LogP contribution in [0.2, 0.25) is 10.0 Å². The second-order valence-electron chi connectivity index (χ2n) is 5.67. The lowest BCUT2D eigenvalue weighted by Crippen LogP contribution is -2.34. The van der Waals surface area contributed by atoms with Crippen molar-refractivity contribution in [3.05, 3.63) is 64.6 Å². The van der Waals surface area contributed by atoms with E-state index in [0.29, 0.717) is 11.1 Å². The van der Waals surface area contributed by atoms with Crippen LogP contribution in [0.4, 0.5) is 5.69 Å². The molecule has 0 saturated carbocycles. The normalized spacial score (nSPS) is 14.6. The van der Waals surface area contributed by atoms with E-state index in [1.54, 1.807) is 30.3 Å². The number of hydrogen-bond donors (Lipinski definition) is 0. The molecule has 26 heavy (non-hydrogen) atoms. The molecule has 5 nitrogen and oxygen atoms in total. The lowest BCUT2D eigenvalue weighted by Gasteiger charge is -2.18. The standard InChI is InChI=1S/C18H11Cl2NO4S/c19-12-6-3-8-14(18(12)20)25-16(22)10-21-13-7-1-4-11-5-2-9-15(17(11)13)26(21,23)24/h1-9H,10H2. The number of carbonyl (C=O) groups excluding carboxylic acids is 1. The van der Waals surface area contributed by atoms with Crippen LogP contribution >= 0.6 is 23.2 Å². The molecule has 1 aliphatic rings. The molecule has 0 N–H and O–H groups in total. The third-order valence-corrected chi connectivity index (χ3v) is 6.70. The van der Waals surface area contributed by atoms with Crippen molar-refractivity contribution in [3.63, 3.8) is 0 Å². The van der Waals surface area contributed by atoms with Crippen LogP contribution in [0.25, 0.3) is 10.8 Å². The van der Waals surface area contributed by atoms with Crippen molar-refractivity contribution in [1.29, 1.82) is 0 Å². The van der Waals surface area contributed by atoms with Crippen LogP contribution in [-0.2, 0) is 14.8 Å². The Hall–Kier alpha value is -2.28. The van der Waals surface area contributed by atoms with E-state index < -0.39 is 22.5 Å². The van der Waals surface area contributed by atoms with Gasteiger partial charge >= 0.3 is 5.97 Å². The maximum Gasteiger partial charge on any atom is 0.332 e. The smallest absolute Gasteiger partial charge is 0.332 e. The fourth-order valence-corrected chi connectivity index (χ4v) is 4.95. The van der Waals surface area contributed by atoms with E-state index in [1.165, 1.54) is 12.1 Å². The largest absolute Gasteiger partial charge is 0.424 e. The van der Waals surface area contributed by atoms with Crippen LogP contribution in [0.15, 0.2) is 59.5 Å². The molecule has 0 aliphatic carbocycles. The molecule has 0 saturated heterocycles. The molecule has 0 bridgehead atoms. The molecule has 0 spiro atoms. The van der Waals surface area contributed by atoms with E-state index in [2.05, 4.69) is 0 Å². The first kappa shape index (κ1) is 17.1. The molecule has 4 rings (SSSR count). The van der Waals surface area contributed by atoms with Gasteiger partial charge in [0.2, 0.25) is 0 Å². The summed E-state index contributed by atoms with van der Waals surface area (Å²) < 4.78 is 32.0. The molecule has 3 aromatic carbocycles. The Kier molecular flexibility index (Phi) is 4.06. The van der Waals surface area contributed by atoms with Gasteiger partial charge in [-0.2, -0.15) is 0 Å². The van der Waals surface area contributed by atoms with Crippen molar-refractivity contribution in [2.45, 2.75) is 4.90 Å². The number of carbonyl (C=O) groups is 1. The zero-order valence-corrected chi connectivity index (χ0v) is 15.5. The first-order chi connectivity index (χ1) is 12.4. The molecule has 0 aromatic heterocycles. The van der Waals surface area contributed by atoms with Gasteiger partial charge in [0.15, 0.2) is 5.75 Å². The highest BCUT2D eigenvalue weighted by atomic mass is 35.5. The maximum atomic E-state index is 12.8. The molecule has 0 atom stereocenters. The highest BCUT2D eigenvalue weighted by molar-refractivity contribution is 7.93. The minimum Gasteiger partial charge on any atom is -0.424 e. The van der Waals surface area contributed by atoms with Crippen LogP contribution < -0.4 is 9.04 Å². The number of halogens is 2. The van der Waals surface area contributed by atoms with Crippen molar-refractivity contribution >= 4 is 55.7 Å². The molecule has 3 aromatic rings. The lowest BCUT2D eigenvalue weighted by atomic mass is 10.1. The topological polar surface area (TPSA) is 63.7 Å². The van der Waals surface area contributed by atoms with E-state index in [4.69, 9.17) is 27.9 Å². The molecule has 132 valence electrons. The molecule has 0 fully saturated rings. The minimum atomic E-state index is -3.83. The maximum absolute atomic E-state index is 12.8. The molecule has 8 heteroatoms. The summed E-state index contributed by atoms with van der Waals surface area (Å²) in [5.41, 5.74) is 0.451. The van der Waals surface area contributed by atoms with Gasteiger partial charge < -0.3 is 4.74 Å². The first-order valence-electron chi connectivity index (χ1n) is 7.59. The van der Waals surface area contributed by atoms with Gasteiger partial charge in [0.25, 0.3) is 10.0 Å². The van der Waals surface area contributed by atoms with Crippen LogP contribution in [0.1, 0.15) is 0 Å². The van der Waals surface area contributed by atoms with E-state index >= 15 is 0 Å². The molecule has 0 radical (unpaired) electrons. The van der Waals surface area contributed by atoms with Gasteiger partial charge in [-0.15, -0.1) is 0 Å². The number of benzene rings is 3. The van der Waals surface area contributed by atoms with Crippen molar-refractivity contribution < 1.29 is 17.9 Å². The van der Waals surface area contributed by atoms with Crippen molar-refractivity contribution in [2.24, 2.45) is 0 Å².